The molecule has 2 aromatic carbocycles. The number of nitrogens with one attached hydrogen (secondary N) is 1. The molecule has 2 aromatic rings. The van der Waals surface area contributed by atoms with Gasteiger partial charge in [-0.3, -0.25) is 4.79 Å². The summed E-state index contributed by atoms with van der Waals surface area (Å²) in [6.07, 6.45) is 1.47. The van der Waals surface area contributed by atoms with Crippen LogP contribution < -0.4 is 9.50 Å². The Morgan fingerprint density at radius 1 is 1.17 bits per heavy atom. The van der Waals surface area contributed by atoms with E-state index in [1.807, 2.05) is 20.8 Å². The van der Waals surface area contributed by atoms with Gasteiger partial charge in [0.2, 0.25) is 5.91 Å². The average molecular weight is 432 g/mol. The van der Waals surface area contributed by atoms with Crippen molar-refractivity contribution in [1.82, 2.24) is 5.32 Å². The molecule has 1 fully saturated rings. The zero-order valence-electron chi connectivity index (χ0n) is 16.2. The number of thioether (sulfide) groups is 1. The number of amidine groups is 1. The smallest absolute Gasteiger partial charge is 0.339 e. The van der Waals surface area contributed by atoms with Gasteiger partial charge in [-0.1, -0.05) is 55.4 Å². The van der Waals surface area contributed by atoms with E-state index in [-0.39, 0.29) is 27.7 Å². The van der Waals surface area contributed by atoms with E-state index < -0.39 is 10.1 Å². The number of rotatable bonds is 6. The number of hydrogen-bond acceptors (Lipinski definition) is 7. The summed E-state index contributed by atoms with van der Waals surface area (Å²) in [6.45, 7) is 5.82. The topological polar surface area (TPSA) is 97.2 Å². The van der Waals surface area contributed by atoms with Gasteiger partial charge in [-0.05, 0) is 42.7 Å². The lowest BCUT2D eigenvalue weighted by atomic mass is 10.1. The first-order valence-corrected chi connectivity index (χ1v) is 11.2. The Morgan fingerprint density at radius 3 is 2.55 bits per heavy atom. The van der Waals surface area contributed by atoms with Crippen molar-refractivity contribution < 1.29 is 17.4 Å². The Bertz CT molecular complexity index is 1060. The average Bonchev–Trinajstić information content (AvgIpc) is 3.03. The molecule has 152 valence electrons. The van der Waals surface area contributed by atoms with E-state index in [9.17, 15) is 13.2 Å². The standard InChI is InChI=1S/C20H21N3O4S2/c1-13(2)18-19(24)22-20(28-18)23-21-12-15-5-4-6-16(11-15)27-29(25,26)17-9-7-14(3)8-10-17/h4-13,18H,1-3H3,(H,22,23,24)/b21-12-/t18-/m1/s1. The van der Waals surface area contributed by atoms with Crippen LogP contribution in [0.3, 0.4) is 0 Å². The van der Waals surface area contributed by atoms with Gasteiger partial charge in [0, 0.05) is 0 Å². The minimum Gasteiger partial charge on any atom is -0.379 e. The van der Waals surface area contributed by atoms with Crippen LogP contribution in [0.15, 0.2) is 63.6 Å². The molecule has 0 saturated carbocycles. The number of aryl methyl sites for hydroxylation is 1. The second-order valence-electron chi connectivity index (χ2n) is 6.84. The highest BCUT2D eigenvalue weighted by molar-refractivity contribution is 8.15. The molecule has 0 spiro atoms. The van der Waals surface area contributed by atoms with Gasteiger partial charge in [0.1, 0.15) is 10.6 Å². The van der Waals surface area contributed by atoms with Crippen molar-refractivity contribution in [2.45, 2.75) is 30.9 Å². The van der Waals surface area contributed by atoms with Crippen molar-refractivity contribution in [2.75, 3.05) is 0 Å². The largest absolute Gasteiger partial charge is 0.379 e. The molecule has 0 radical (unpaired) electrons. The third-order valence-electron chi connectivity index (χ3n) is 4.06. The molecule has 0 aliphatic carbocycles. The number of carbonyl (C=O) groups excluding carboxylic acids is 1. The zero-order valence-corrected chi connectivity index (χ0v) is 17.8. The van der Waals surface area contributed by atoms with Gasteiger partial charge < -0.3 is 9.50 Å². The van der Waals surface area contributed by atoms with Crippen LogP contribution in [0.5, 0.6) is 5.75 Å². The minimum absolute atomic E-state index is 0.0735. The minimum atomic E-state index is -3.92. The van der Waals surface area contributed by atoms with Gasteiger partial charge in [-0.25, -0.2) is 0 Å². The molecule has 0 bridgehead atoms. The number of carbonyl (C=O) groups is 1. The van der Waals surface area contributed by atoms with Crippen molar-refractivity contribution in [1.29, 1.82) is 0 Å². The third kappa shape index (κ3) is 5.45. The molecular weight excluding hydrogens is 410 g/mol. The predicted molar refractivity (Wildman–Crippen MR) is 115 cm³/mol. The van der Waals surface area contributed by atoms with E-state index >= 15 is 0 Å². The van der Waals surface area contributed by atoms with Crippen LogP contribution in [0, 0.1) is 12.8 Å². The maximum atomic E-state index is 12.4. The number of nitrogens with zero attached hydrogens (tertiary/aromatic N) is 2. The van der Waals surface area contributed by atoms with E-state index in [0.717, 1.165) is 5.56 Å². The lowest BCUT2D eigenvalue weighted by Gasteiger charge is -2.07. The predicted octanol–water partition coefficient (Wildman–Crippen LogP) is 3.34. The van der Waals surface area contributed by atoms with E-state index in [0.29, 0.717) is 10.7 Å². The van der Waals surface area contributed by atoms with Crippen molar-refractivity contribution >= 4 is 39.2 Å². The lowest BCUT2D eigenvalue weighted by Crippen LogP contribution is -2.27. The molecule has 1 amide bonds. The maximum Gasteiger partial charge on any atom is 0.339 e. The molecule has 0 aromatic heterocycles. The number of benzene rings is 2. The van der Waals surface area contributed by atoms with Gasteiger partial charge in [0.25, 0.3) is 0 Å². The molecule has 29 heavy (non-hydrogen) atoms. The van der Waals surface area contributed by atoms with Crippen molar-refractivity contribution in [3.05, 3.63) is 59.7 Å². The molecule has 1 N–H and O–H groups in total. The van der Waals surface area contributed by atoms with Crippen LogP contribution in [0.2, 0.25) is 0 Å². The molecule has 1 saturated heterocycles. The Hall–Kier alpha value is -2.65. The second kappa shape index (κ2) is 8.79. The Kier molecular flexibility index (Phi) is 6.39. The molecule has 1 aliphatic heterocycles. The summed E-state index contributed by atoms with van der Waals surface area (Å²) in [7, 11) is -3.92. The highest BCUT2D eigenvalue weighted by Crippen LogP contribution is 2.25. The Balaban J connectivity index is 1.70. The molecule has 1 aliphatic rings. The summed E-state index contributed by atoms with van der Waals surface area (Å²) in [5.41, 5.74) is 1.57. The Labute approximate surface area is 174 Å². The molecule has 9 heteroatoms. The van der Waals surface area contributed by atoms with Crippen LogP contribution >= 0.6 is 11.8 Å². The SMILES string of the molecule is Cc1ccc(S(=O)(=O)Oc2cccc(/C=N\N=C3\NC(=O)[C@@H](C(C)C)S3)c2)cc1. The normalized spacial score (nSPS) is 18.6. The summed E-state index contributed by atoms with van der Waals surface area (Å²) < 4.78 is 30.0. The van der Waals surface area contributed by atoms with Gasteiger partial charge >= 0.3 is 10.1 Å². The van der Waals surface area contributed by atoms with Crippen molar-refractivity contribution in [3.63, 3.8) is 0 Å². The van der Waals surface area contributed by atoms with Crippen LogP contribution in [-0.4, -0.2) is 31.0 Å². The Morgan fingerprint density at radius 2 is 1.90 bits per heavy atom. The van der Waals surface area contributed by atoms with Crippen LogP contribution in [-0.2, 0) is 14.9 Å². The van der Waals surface area contributed by atoms with E-state index in [2.05, 4.69) is 15.5 Å². The zero-order chi connectivity index (χ0) is 21.0. The van der Waals surface area contributed by atoms with Crippen LogP contribution in [0.25, 0.3) is 0 Å². The first-order valence-electron chi connectivity index (χ1n) is 8.94. The van der Waals surface area contributed by atoms with Gasteiger partial charge in [-0.2, -0.15) is 13.5 Å². The summed E-state index contributed by atoms with van der Waals surface area (Å²) in [5.74, 6) is 0.294. The second-order valence-corrected chi connectivity index (χ2v) is 9.52. The quantitative estimate of drug-likeness (QED) is 0.430. The van der Waals surface area contributed by atoms with Crippen molar-refractivity contribution in [2.24, 2.45) is 16.1 Å². The summed E-state index contributed by atoms with van der Waals surface area (Å²) in [5, 5.41) is 11.0. The fourth-order valence-corrected chi connectivity index (χ4v) is 4.40. The highest BCUT2D eigenvalue weighted by atomic mass is 32.2. The van der Waals surface area contributed by atoms with Crippen LogP contribution in [0.1, 0.15) is 25.0 Å². The van der Waals surface area contributed by atoms with Gasteiger partial charge in [0.05, 0.1) is 11.5 Å². The van der Waals surface area contributed by atoms with E-state index in [4.69, 9.17) is 4.18 Å². The molecule has 1 heterocycles. The molecule has 1 atom stereocenters. The van der Waals surface area contributed by atoms with Crippen LogP contribution in [0.4, 0.5) is 0 Å². The summed E-state index contributed by atoms with van der Waals surface area (Å²) in [6, 6.07) is 12.9. The molecule has 7 nitrogen and oxygen atoms in total. The molecular formula is C20H21N3O4S2. The molecule has 0 unspecified atom stereocenters. The highest BCUT2D eigenvalue weighted by Gasteiger charge is 2.32. The van der Waals surface area contributed by atoms with E-state index in [1.165, 1.54) is 30.1 Å². The monoisotopic (exact) mass is 431 g/mol. The summed E-state index contributed by atoms with van der Waals surface area (Å²) >= 11 is 1.34. The van der Waals surface area contributed by atoms with Gasteiger partial charge in [-0.15, -0.1) is 5.10 Å². The fraction of sp³-hybridized carbons (Fsp3) is 0.250. The first kappa shape index (κ1) is 21.1. The number of amides is 1. The third-order valence-corrected chi connectivity index (χ3v) is 6.74. The van der Waals surface area contributed by atoms with E-state index in [1.54, 1.807) is 36.4 Å². The first-order chi connectivity index (χ1) is 13.7. The van der Waals surface area contributed by atoms with Gasteiger partial charge in [0.15, 0.2) is 5.17 Å². The van der Waals surface area contributed by atoms with Crippen molar-refractivity contribution in [3.8, 4) is 5.75 Å². The summed E-state index contributed by atoms with van der Waals surface area (Å²) in [4.78, 5) is 11.9. The maximum absolute atomic E-state index is 12.4. The fourth-order valence-electron chi connectivity index (χ4n) is 2.54. The lowest BCUT2D eigenvalue weighted by molar-refractivity contribution is -0.119. The molecule has 3 rings (SSSR count). The number of hydrogen-bond donors (Lipinski definition) is 1.